The molecule has 5 nitrogen and oxygen atoms in total. The van der Waals surface area contributed by atoms with Gasteiger partial charge >= 0.3 is 5.97 Å². The monoisotopic (exact) mass is 503 g/mol. The average molecular weight is 504 g/mol. The van der Waals surface area contributed by atoms with Crippen LogP contribution in [0.3, 0.4) is 0 Å². The molecule has 1 aliphatic heterocycles. The van der Waals surface area contributed by atoms with Gasteiger partial charge in [0.25, 0.3) is 0 Å². The Bertz CT molecular complexity index is 1280. The van der Waals surface area contributed by atoms with Crippen LogP contribution in [0.25, 0.3) is 0 Å². The van der Waals surface area contributed by atoms with Crippen molar-refractivity contribution in [3.05, 3.63) is 99.0 Å². The van der Waals surface area contributed by atoms with Crippen LogP contribution in [0.4, 0.5) is 0 Å². The van der Waals surface area contributed by atoms with E-state index < -0.39 is 22.0 Å². The maximum absolute atomic E-state index is 13.5. The fourth-order valence-corrected chi connectivity index (χ4v) is 5.91. The molecule has 0 bridgehead atoms. The molecule has 8 heteroatoms. The quantitative estimate of drug-likeness (QED) is 0.403. The Morgan fingerprint density at radius 2 is 1.76 bits per heavy atom. The third-order valence-electron chi connectivity index (χ3n) is 5.73. The predicted octanol–water partition coefficient (Wildman–Crippen LogP) is 5.72. The van der Waals surface area contributed by atoms with Crippen LogP contribution in [0, 0.1) is 6.92 Å². The average Bonchev–Trinajstić information content (AvgIpc) is 2.80. The first-order valence-electron chi connectivity index (χ1n) is 10.5. The first kappa shape index (κ1) is 23.8. The topological polar surface area (TPSA) is 63.7 Å². The van der Waals surface area contributed by atoms with E-state index in [4.69, 9.17) is 27.9 Å². The van der Waals surface area contributed by atoms with Crippen LogP contribution in [-0.4, -0.2) is 25.2 Å². The summed E-state index contributed by atoms with van der Waals surface area (Å²) in [6.07, 6.45) is 0.486. The summed E-state index contributed by atoms with van der Waals surface area (Å²) in [5.41, 5.74) is 3.53. The molecule has 3 aromatic carbocycles. The van der Waals surface area contributed by atoms with Crippen molar-refractivity contribution in [1.82, 2.24) is 4.31 Å². The van der Waals surface area contributed by atoms with Gasteiger partial charge in [-0.05, 0) is 54.3 Å². The van der Waals surface area contributed by atoms with Gasteiger partial charge in [-0.25, -0.2) is 8.42 Å². The van der Waals surface area contributed by atoms with Crippen molar-refractivity contribution < 1.29 is 17.9 Å². The molecular formula is C25H23Cl2NO4S. The van der Waals surface area contributed by atoms with E-state index in [0.717, 1.165) is 16.7 Å². The van der Waals surface area contributed by atoms with Crippen LogP contribution >= 0.6 is 23.2 Å². The molecule has 172 valence electrons. The van der Waals surface area contributed by atoms with Crippen molar-refractivity contribution >= 4 is 39.2 Å². The van der Waals surface area contributed by atoms with Crippen molar-refractivity contribution in [3.63, 3.8) is 0 Å². The van der Waals surface area contributed by atoms with Crippen LogP contribution < -0.4 is 0 Å². The molecule has 0 spiro atoms. The van der Waals surface area contributed by atoms with Crippen molar-refractivity contribution in [2.24, 2.45) is 0 Å². The molecule has 0 N–H and O–H groups in total. The van der Waals surface area contributed by atoms with Gasteiger partial charge in [-0.15, -0.1) is 0 Å². The van der Waals surface area contributed by atoms with Gasteiger partial charge in [-0.2, -0.15) is 4.31 Å². The van der Waals surface area contributed by atoms with Crippen molar-refractivity contribution in [2.75, 3.05) is 6.54 Å². The van der Waals surface area contributed by atoms with E-state index in [1.54, 1.807) is 42.5 Å². The number of aryl methyl sites for hydroxylation is 1. The number of hydrogen-bond donors (Lipinski definition) is 0. The van der Waals surface area contributed by atoms with Crippen LogP contribution in [-0.2, 0) is 32.6 Å². The van der Waals surface area contributed by atoms with E-state index in [1.165, 1.54) is 4.31 Å². The van der Waals surface area contributed by atoms with Crippen LogP contribution in [0.1, 0.15) is 34.7 Å². The van der Waals surface area contributed by atoms with Gasteiger partial charge in [0.1, 0.15) is 6.61 Å². The number of benzene rings is 3. The summed E-state index contributed by atoms with van der Waals surface area (Å²) in [7, 11) is -3.80. The first-order valence-corrected chi connectivity index (χ1v) is 12.7. The first-order chi connectivity index (χ1) is 15.8. The summed E-state index contributed by atoms with van der Waals surface area (Å²) in [6.45, 7) is 2.22. The summed E-state index contributed by atoms with van der Waals surface area (Å²) in [5, 5.41) is 0.796. The molecule has 1 atom stereocenters. The number of esters is 1. The molecule has 0 radical (unpaired) electrons. The van der Waals surface area contributed by atoms with Crippen molar-refractivity contribution in [3.8, 4) is 0 Å². The predicted molar refractivity (Wildman–Crippen MR) is 129 cm³/mol. The van der Waals surface area contributed by atoms with Crippen LogP contribution in [0.5, 0.6) is 0 Å². The van der Waals surface area contributed by atoms with Gasteiger partial charge in [0.05, 0.1) is 27.4 Å². The second-order valence-corrected chi connectivity index (χ2v) is 10.7. The van der Waals surface area contributed by atoms with Crippen molar-refractivity contribution in [1.29, 1.82) is 0 Å². The summed E-state index contributed by atoms with van der Waals surface area (Å²) < 4.78 is 33.9. The fraction of sp³-hybridized carbons (Fsp3) is 0.240. The normalized spacial score (nSPS) is 16.3. The van der Waals surface area contributed by atoms with Crippen LogP contribution in [0.15, 0.2) is 71.6 Å². The van der Waals surface area contributed by atoms with Crippen LogP contribution in [0.2, 0.25) is 10.0 Å². The third-order valence-corrected chi connectivity index (χ3v) is 8.40. The van der Waals surface area contributed by atoms with Gasteiger partial charge in [-0.1, -0.05) is 71.2 Å². The van der Waals surface area contributed by atoms with E-state index in [0.29, 0.717) is 22.0 Å². The largest absolute Gasteiger partial charge is 0.461 e. The molecule has 1 unspecified atom stereocenters. The summed E-state index contributed by atoms with van der Waals surface area (Å²) in [5.74, 6) is -0.494. The standard InChI is InChI=1S/C25H23Cl2NO4S/c1-17-6-9-20(10-7-17)33(30,31)28-13-12-19-4-2-3-5-21(19)24(28)15-25(29)32-16-18-8-11-22(26)23(27)14-18/h2-11,14,24H,12-13,15-16H2,1H3. The Morgan fingerprint density at radius 3 is 2.48 bits per heavy atom. The molecular weight excluding hydrogens is 481 g/mol. The second-order valence-electron chi connectivity index (χ2n) is 8.01. The molecule has 4 rings (SSSR count). The lowest BCUT2D eigenvalue weighted by molar-refractivity contribution is -0.146. The number of nitrogens with zero attached hydrogens (tertiary/aromatic N) is 1. The number of fused-ring (bicyclic) bond motifs is 1. The maximum atomic E-state index is 13.5. The lowest BCUT2D eigenvalue weighted by Crippen LogP contribution is -2.41. The zero-order chi connectivity index (χ0) is 23.6. The number of rotatable bonds is 6. The Labute approximate surface area is 203 Å². The molecule has 0 amide bonds. The van der Waals surface area contributed by atoms with E-state index in [-0.39, 0.29) is 24.5 Å². The van der Waals surface area contributed by atoms with Gasteiger partial charge in [0, 0.05) is 6.54 Å². The highest BCUT2D eigenvalue weighted by Crippen LogP contribution is 2.36. The highest BCUT2D eigenvalue weighted by molar-refractivity contribution is 7.89. The summed E-state index contributed by atoms with van der Waals surface area (Å²) in [6, 6.07) is 18.7. The smallest absolute Gasteiger partial charge is 0.308 e. The lowest BCUT2D eigenvalue weighted by Gasteiger charge is -2.36. The Hall–Kier alpha value is -2.38. The third kappa shape index (κ3) is 5.25. The molecule has 33 heavy (non-hydrogen) atoms. The molecule has 1 heterocycles. The van der Waals surface area contributed by atoms with E-state index in [1.807, 2.05) is 31.2 Å². The maximum Gasteiger partial charge on any atom is 0.308 e. The minimum absolute atomic E-state index is 0.0226. The zero-order valence-corrected chi connectivity index (χ0v) is 20.3. The molecule has 0 saturated heterocycles. The number of sulfonamides is 1. The van der Waals surface area contributed by atoms with E-state index >= 15 is 0 Å². The molecule has 0 saturated carbocycles. The Morgan fingerprint density at radius 1 is 1.03 bits per heavy atom. The Balaban J connectivity index is 1.58. The van der Waals surface area contributed by atoms with Gasteiger partial charge in [0.2, 0.25) is 10.0 Å². The molecule has 3 aromatic rings. The Kier molecular flexibility index (Phi) is 7.10. The van der Waals surface area contributed by atoms with E-state index in [2.05, 4.69) is 0 Å². The highest BCUT2D eigenvalue weighted by atomic mass is 35.5. The molecule has 1 aliphatic rings. The highest BCUT2D eigenvalue weighted by Gasteiger charge is 2.37. The van der Waals surface area contributed by atoms with Gasteiger partial charge in [-0.3, -0.25) is 4.79 Å². The number of carbonyl (C=O) groups excluding carboxylic acids is 1. The molecule has 0 aromatic heterocycles. The van der Waals surface area contributed by atoms with Gasteiger partial charge in [0.15, 0.2) is 0 Å². The fourth-order valence-electron chi connectivity index (χ4n) is 3.98. The lowest BCUT2D eigenvalue weighted by atomic mass is 9.92. The number of ether oxygens (including phenoxy) is 1. The van der Waals surface area contributed by atoms with Gasteiger partial charge < -0.3 is 4.74 Å². The summed E-state index contributed by atoms with van der Waals surface area (Å²) in [4.78, 5) is 13.0. The summed E-state index contributed by atoms with van der Waals surface area (Å²) >= 11 is 12.0. The minimum atomic E-state index is -3.80. The number of halogens is 2. The molecule has 0 fully saturated rings. The van der Waals surface area contributed by atoms with Crippen molar-refractivity contribution in [2.45, 2.75) is 37.3 Å². The zero-order valence-electron chi connectivity index (χ0n) is 18.0. The minimum Gasteiger partial charge on any atom is -0.461 e. The van der Waals surface area contributed by atoms with E-state index in [9.17, 15) is 13.2 Å². The second kappa shape index (κ2) is 9.85. The molecule has 0 aliphatic carbocycles. The SMILES string of the molecule is Cc1ccc(S(=O)(=O)N2CCc3ccccc3C2CC(=O)OCc2ccc(Cl)c(Cl)c2)cc1. The number of hydrogen-bond acceptors (Lipinski definition) is 4. The number of carbonyl (C=O) groups is 1.